The van der Waals surface area contributed by atoms with Crippen LogP contribution >= 0.6 is 0 Å². The van der Waals surface area contributed by atoms with Gasteiger partial charge in [-0.2, -0.15) is 5.10 Å². The van der Waals surface area contributed by atoms with Crippen LogP contribution in [0.15, 0.2) is 6.20 Å². The number of ether oxygens (including phenoxy) is 2. The first-order valence-electron chi connectivity index (χ1n) is 4.99. The van der Waals surface area contributed by atoms with Crippen LogP contribution in [-0.2, 0) is 11.8 Å². The predicted octanol–water partition coefficient (Wildman–Crippen LogP) is 0.853. The Hall–Kier alpha value is -1.07. The van der Waals surface area contributed by atoms with E-state index in [2.05, 4.69) is 5.10 Å². The van der Waals surface area contributed by atoms with Crippen molar-refractivity contribution < 1.29 is 9.47 Å². The van der Waals surface area contributed by atoms with E-state index in [1.165, 1.54) is 0 Å². The highest BCUT2D eigenvalue weighted by molar-refractivity contribution is 5.27. The van der Waals surface area contributed by atoms with E-state index in [9.17, 15) is 0 Å². The van der Waals surface area contributed by atoms with Crippen molar-refractivity contribution in [3.63, 3.8) is 0 Å². The molecule has 0 aliphatic heterocycles. The van der Waals surface area contributed by atoms with Crippen LogP contribution in [0.25, 0.3) is 0 Å². The number of hydrogen-bond donors (Lipinski definition) is 1. The van der Waals surface area contributed by atoms with Gasteiger partial charge in [-0.25, -0.2) is 0 Å². The lowest BCUT2D eigenvalue weighted by Gasteiger charge is -2.15. The fourth-order valence-corrected chi connectivity index (χ4v) is 1.38. The Kier molecular flexibility index (Phi) is 4.11. The van der Waals surface area contributed by atoms with Crippen LogP contribution in [0, 0.1) is 0 Å². The van der Waals surface area contributed by atoms with Crippen LogP contribution in [0.2, 0.25) is 0 Å². The van der Waals surface area contributed by atoms with E-state index in [1.54, 1.807) is 18.0 Å². The van der Waals surface area contributed by atoms with Gasteiger partial charge in [-0.05, 0) is 13.8 Å². The molecule has 0 saturated carbocycles. The molecule has 1 rings (SSSR count). The average molecular weight is 213 g/mol. The highest BCUT2D eigenvalue weighted by Crippen LogP contribution is 2.22. The number of aromatic nitrogens is 2. The number of methoxy groups -OCH3 is 1. The Morgan fingerprint density at radius 1 is 1.53 bits per heavy atom. The van der Waals surface area contributed by atoms with Gasteiger partial charge in [-0.3, -0.25) is 4.68 Å². The zero-order chi connectivity index (χ0) is 11.4. The first kappa shape index (κ1) is 12.0. The highest BCUT2D eigenvalue weighted by atomic mass is 16.5. The van der Waals surface area contributed by atoms with Crippen molar-refractivity contribution in [1.29, 1.82) is 0 Å². The van der Waals surface area contributed by atoms with E-state index < -0.39 is 0 Å². The first-order chi connectivity index (χ1) is 7.06. The SMILES string of the molecule is COc1cnn(C)c1C(N)COC(C)C. The van der Waals surface area contributed by atoms with Crippen molar-refractivity contribution >= 4 is 0 Å². The molecule has 5 nitrogen and oxygen atoms in total. The van der Waals surface area contributed by atoms with Crippen LogP contribution in [0.3, 0.4) is 0 Å². The second-order valence-corrected chi connectivity index (χ2v) is 3.71. The summed E-state index contributed by atoms with van der Waals surface area (Å²) >= 11 is 0. The fourth-order valence-electron chi connectivity index (χ4n) is 1.38. The number of nitrogens with zero attached hydrogens (tertiary/aromatic N) is 2. The van der Waals surface area contributed by atoms with Crippen LogP contribution in [-0.4, -0.2) is 29.6 Å². The predicted molar refractivity (Wildman–Crippen MR) is 57.8 cm³/mol. The molecule has 0 aliphatic carbocycles. The van der Waals surface area contributed by atoms with Crippen molar-refractivity contribution in [3.8, 4) is 5.75 Å². The normalized spacial score (nSPS) is 13.2. The van der Waals surface area contributed by atoms with Gasteiger partial charge in [-0.1, -0.05) is 0 Å². The van der Waals surface area contributed by atoms with Crippen LogP contribution in [0.1, 0.15) is 25.6 Å². The summed E-state index contributed by atoms with van der Waals surface area (Å²) in [5.74, 6) is 0.706. The van der Waals surface area contributed by atoms with Crippen molar-refractivity contribution in [2.75, 3.05) is 13.7 Å². The molecule has 0 spiro atoms. The standard InChI is InChI=1S/C10H19N3O2/c1-7(2)15-6-8(11)10-9(14-4)5-12-13(10)3/h5,7-8H,6,11H2,1-4H3. The Morgan fingerprint density at radius 3 is 2.73 bits per heavy atom. The summed E-state index contributed by atoms with van der Waals surface area (Å²) in [7, 11) is 3.45. The van der Waals surface area contributed by atoms with Gasteiger partial charge in [0.2, 0.25) is 0 Å². The third-order valence-electron chi connectivity index (χ3n) is 2.13. The Balaban J connectivity index is 2.71. The minimum atomic E-state index is -0.213. The molecular weight excluding hydrogens is 194 g/mol. The third-order valence-corrected chi connectivity index (χ3v) is 2.13. The van der Waals surface area contributed by atoms with Gasteiger partial charge >= 0.3 is 0 Å². The summed E-state index contributed by atoms with van der Waals surface area (Å²) in [6, 6.07) is -0.213. The van der Waals surface area contributed by atoms with Gasteiger partial charge in [0.05, 0.1) is 37.8 Å². The van der Waals surface area contributed by atoms with Crippen molar-refractivity contribution in [1.82, 2.24) is 9.78 Å². The monoisotopic (exact) mass is 213 g/mol. The minimum Gasteiger partial charge on any atom is -0.493 e. The summed E-state index contributed by atoms with van der Waals surface area (Å²) in [6.07, 6.45) is 1.83. The molecule has 1 aromatic heterocycles. The number of hydrogen-bond acceptors (Lipinski definition) is 4. The lowest BCUT2D eigenvalue weighted by molar-refractivity contribution is 0.0665. The molecular formula is C10H19N3O2. The molecule has 0 aliphatic rings. The number of rotatable bonds is 5. The molecule has 1 unspecified atom stereocenters. The topological polar surface area (TPSA) is 62.3 Å². The zero-order valence-corrected chi connectivity index (χ0v) is 9.73. The summed E-state index contributed by atoms with van der Waals surface area (Å²) in [6.45, 7) is 4.42. The maximum absolute atomic E-state index is 6.00. The third kappa shape index (κ3) is 2.94. The lowest BCUT2D eigenvalue weighted by Crippen LogP contribution is -2.22. The average Bonchev–Trinajstić information content (AvgIpc) is 2.56. The van der Waals surface area contributed by atoms with Gasteiger partial charge in [0.1, 0.15) is 0 Å². The Bertz CT molecular complexity index is 310. The van der Waals surface area contributed by atoms with E-state index >= 15 is 0 Å². The molecule has 0 fully saturated rings. The van der Waals surface area contributed by atoms with E-state index in [4.69, 9.17) is 15.2 Å². The molecule has 5 heteroatoms. The maximum atomic E-state index is 6.00. The number of aryl methyl sites for hydroxylation is 1. The van der Waals surface area contributed by atoms with Gasteiger partial charge in [0, 0.05) is 7.05 Å². The summed E-state index contributed by atoms with van der Waals surface area (Å²) in [5, 5.41) is 4.09. The summed E-state index contributed by atoms with van der Waals surface area (Å²) < 4.78 is 12.4. The van der Waals surface area contributed by atoms with Crippen molar-refractivity contribution in [2.24, 2.45) is 12.8 Å². The quantitative estimate of drug-likeness (QED) is 0.787. The highest BCUT2D eigenvalue weighted by Gasteiger charge is 2.17. The molecule has 86 valence electrons. The van der Waals surface area contributed by atoms with E-state index in [0.29, 0.717) is 12.4 Å². The smallest absolute Gasteiger partial charge is 0.161 e. The van der Waals surface area contributed by atoms with E-state index in [1.807, 2.05) is 20.9 Å². The second-order valence-electron chi connectivity index (χ2n) is 3.71. The van der Waals surface area contributed by atoms with Gasteiger partial charge < -0.3 is 15.2 Å². The van der Waals surface area contributed by atoms with Gasteiger partial charge in [-0.15, -0.1) is 0 Å². The molecule has 1 atom stereocenters. The van der Waals surface area contributed by atoms with Crippen molar-refractivity contribution in [3.05, 3.63) is 11.9 Å². The molecule has 1 heterocycles. The lowest BCUT2D eigenvalue weighted by atomic mass is 10.2. The Labute approximate surface area is 90.2 Å². The molecule has 0 radical (unpaired) electrons. The summed E-state index contributed by atoms with van der Waals surface area (Å²) in [5.41, 5.74) is 6.86. The molecule has 0 bridgehead atoms. The summed E-state index contributed by atoms with van der Waals surface area (Å²) in [4.78, 5) is 0. The molecule has 15 heavy (non-hydrogen) atoms. The van der Waals surface area contributed by atoms with Gasteiger partial charge in [0.25, 0.3) is 0 Å². The van der Waals surface area contributed by atoms with Crippen LogP contribution < -0.4 is 10.5 Å². The van der Waals surface area contributed by atoms with Gasteiger partial charge in [0.15, 0.2) is 5.75 Å². The van der Waals surface area contributed by atoms with E-state index in [0.717, 1.165) is 5.69 Å². The Morgan fingerprint density at radius 2 is 2.20 bits per heavy atom. The molecule has 0 amide bonds. The maximum Gasteiger partial charge on any atom is 0.161 e. The molecule has 2 N–H and O–H groups in total. The minimum absolute atomic E-state index is 0.176. The largest absolute Gasteiger partial charge is 0.493 e. The number of nitrogens with two attached hydrogens (primary N) is 1. The molecule has 1 aromatic rings. The molecule has 0 aromatic carbocycles. The second kappa shape index (κ2) is 5.14. The zero-order valence-electron chi connectivity index (χ0n) is 9.73. The fraction of sp³-hybridized carbons (Fsp3) is 0.700. The van der Waals surface area contributed by atoms with Crippen LogP contribution in [0.4, 0.5) is 0 Å². The van der Waals surface area contributed by atoms with E-state index in [-0.39, 0.29) is 12.1 Å². The van der Waals surface area contributed by atoms with Crippen molar-refractivity contribution in [2.45, 2.75) is 26.0 Å². The first-order valence-corrected chi connectivity index (χ1v) is 4.99. The van der Waals surface area contributed by atoms with Crippen LogP contribution in [0.5, 0.6) is 5.75 Å². The molecule has 0 saturated heterocycles.